The maximum Gasteiger partial charge on any atom is 0.319 e. The van der Waals surface area contributed by atoms with Crippen molar-refractivity contribution in [2.75, 3.05) is 5.32 Å². The zero-order chi connectivity index (χ0) is 23.4. The fourth-order valence-corrected chi connectivity index (χ4v) is 3.99. The second-order valence-corrected chi connectivity index (χ2v) is 9.45. The summed E-state index contributed by atoms with van der Waals surface area (Å²) in [4.78, 5) is 12.7. The van der Waals surface area contributed by atoms with Gasteiger partial charge in [0.15, 0.2) is 0 Å². The highest BCUT2D eigenvalue weighted by Crippen LogP contribution is 2.25. The quantitative estimate of drug-likeness (QED) is 0.371. The normalized spacial score (nSPS) is 11.5. The molecule has 0 aliphatic carbocycles. The maximum absolute atomic E-state index is 12.7. The average molecular weight is 441 g/mol. The number of fused-ring (bicyclic) bond motifs is 1. The van der Waals surface area contributed by atoms with E-state index < -0.39 is 0 Å². The maximum atomic E-state index is 12.7. The van der Waals surface area contributed by atoms with Crippen LogP contribution in [0.4, 0.5) is 10.5 Å². The van der Waals surface area contributed by atoms with E-state index >= 15 is 0 Å². The molecule has 0 fully saturated rings. The molecular weight excluding hydrogens is 408 g/mol. The van der Waals surface area contributed by atoms with Gasteiger partial charge in [0.2, 0.25) is 0 Å². The van der Waals surface area contributed by atoms with Crippen LogP contribution >= 0.6 is 0 Å². The predicted octanol–water partition coefficient (Wildman–Crippen LogP) is 6.27. The standard InChI is InChI=1S/C28H32N4O/c1-5-21-16-23(28(2,3)4)15-14-22(21)17-29-27(33)30-25-12-9-13-26-24(25)19-32(31-26)18-20-10-7-6-8-11-20/h6-16,19H,5,17-18H2,1-4H3,(H2,29,30,33). The Kier molecular flexibility index (Phi) is 6.50. The Balaban J connectivity index is 1.45. The molecule has 5 nitrogen and oxygen atoms in total. The van der Waals surface area contributed by atoms with Crippen LogP contribution in [0.15, 0.2) is 72.9 Å². The van der Waals surface area contributed by atoms with Gasteiger partial charge >= 0.3 is 6.03 Å². The van der Waals surface area contributed by atoms with Gasteiger partial charge in [0.25, 0.3) is 0 Å². The molecule has 0 aliphatic rings. The van der Waals surface area contributed by atoms with E-state index in [4.69, 9.17) is 0 Å². The number of hydrogen-bond donors (Lipinski definition) is 2. The van der Waals surface area contributed by atoms with Crippen molar-refractivity contribution in [3.63, 3.8) is 0 Å². The zero-order valence-electron chi connectivity index (χ0n) is 19.9. The van der Waals surface area contributed by atoms with E-state index in [9.17, 15) is 4.79 Å². The molecular formula is C28H32N4O. The number of aromatic nitrogens is 2. The molecule has 2 amide bonds. The van der Waals surface area contributed by atoms with Gasteiger partial charge in [0, 0.05) is 18.1 Å². The smallest absolute Gasteiger partial charge is 0.319 e. The molecule has 0 saturated carbocycles. The SMILES string of the molecule is CCc1cc(C(C)(C)C)ccc1CNC(=O)Nc1cccc2nn(Cc3ccccc3)cc12. The third-order valence-corrected chi connectivity index (χ3v) is 5.93. The highest BCUT2D eigenvalue weighted by Gasteiger charge is 2.15. The van der Waals surface area contributed by atoms with Gasteiger partial charge in [-0.3, -0.25) is 4.68 Å². The van der Waals surface area contributed by atoms with Crippen LogP contribution in [0.25, 0.3) is 10.9 Å². The molecule has 1 aromatic heterocycles. The highest BCUT2D eigenvalue weighted by molar-refractivity contribution is 6.00. The summed E-state index contributed by atoms with van der Waals surface area (Å²) in [6.45, 7) is 9.98. The van der Waals surface area contributed by atoms with Crippen molar-refractivity contribution in [3.05, 3.63) is 95.2 Å². The lowest BCUT2D eigenvalue weighted by atomic mass is 9.85. The van der Waals surface area contributed by atoms with Crippen LogP contribution in [0.1, 0.15) is 49.9 Å². The molecule has 0 atom stereocenters. The molecule has 0 aliphatic heterocycles. The molecule has 2 N–H and O–H groups in total. The van der Waals surface area contributed by atoms with Crippen LogP contribution in [0, 0.1) is 0 Å². The Hall–Kier alpha value is -3.60. The largest absolute Gasteiger partial charge is 0.334 e. The Morgan fingerprint density at radius 2 is 1.76 bits per heavy atom. The first kappa shape index (κ1) is 22.6. The summed E-state index contributed by atoms with van der Waals surface area (Å²) >= 11 is 0. The van der Waals surface area contributed by atoms with E-state index in [1.807, 2.05) is 47.3 Å². The Bertz CT molecular complexity index is 1250. The van der Waals surface area contributed by atoms with Crippen molar-refractivity contribution in [2.24, 2.45) is 0 Å². The van der Waals surface area contributed by atoms with Crippen molar-refractivity contribution in [1.82, 2.24) is 15.1 Å². The Morgan fingerprint density at radius 3 is 2.48 bits per heavy atom. The Morgan fingerprint density at radius 1 is 0.970 bits per heavy atom. The summed E-state index contributed by atoms with van der Waals surface area (Å²) in [6, 6.07) is 22.3. The minimum atomic E-state index is -0.222. The van der Waals surface area contributed by atoms with Crippen LogP contribution in [-0.4, -0.2) is 15.8 Å². The van der Waals surface area contributed by atoms with Gasteiger partial charge in [-0.1, -0.05) is 82.3 Å². The number of benzene rings is 3. The van der Waals surface area contributed by atoms with Crippen molar-refractivity contribution in [2.45, 2.75) is 52.6 Å². The minimum absolute atomic E-state index is 0.108. The third kappa shape index (κ3) is 5.43. The number of carbonyl (C=O) groups excluding carboxylic acids is 1. The number of anilines is 1. The van der Waals surface area contributed by atoms with Crippen molar-refractivity contribution >= 4 is 22.6 Å². The monoisotopic (exact) mass is 440 g/mol. The number of carbonyl (C=O) groups is 1. The van der Waals surface area contributed by atoms with Gasteiger partial charge in [0.1, 0.15) is 0 Å². The zero-order valence-corrected chi connectivity index (χ0v) is 19.9. The summed E-state index contributed by atoms with van der Waals surface area (Å²) in [5.41, 5.74) is 6.63. The van der Waals surface area contributed by atoms with Crippen molar-refractivity contribution in [3.8, 4) is 0 Å². The Labute approximate surface area is 195 Å². The van der Waals surface area contributed by atoms with Crippen molar-refractivity contribution < 1.29 is 4.79 Å². The van der Waals surface area contributed by atoms with Gasteiger partial charge in [-0.25, -0.2) is 4.79 Å². The van der Waals surface area contributed by atoms with Crippen LogP contribution in [0.5, 0.6) is 0 Å². The molecule has 0 spiro atoms. The summed E-state index contributed by atoms with van der Waals surface area (Å²) in [5.74, 6) is 0. The molecule has 33 heavy (non-hydrogen) atoms. The molecule has 170 valence electrons. The summed E-state index contributed by atoms with van der Waals surface area (Å²) in [7, 11) is 0. The highest BCUT2D eigenvalue weighted by atomic mass is 16.2. The van der Waals surface area contributed by atoms with Crippen LogP contribution in [-0.2, 0) is 24.9 Å². The van der Waals surface area contributed by atoms with Crippen LogP contribution < -0.4 is 10.6 Å². The molecule has 0 bridgehead atoms. The predicted molar refractivity (Wildman–Crippen MR) is 136 cm³/mol. The van der Waals surface area contributed by atoms with E-state index in [1.165, 1.54) is 16.7 Å². The second-order valence-electron chi connectivity index (χ2n) is 9.45. The lowest BCUT2D eigenvalue weighted by molar-refractivity contribution is 0.251. The van der Waals surface area contributed by atoms with E-state index in [1.54, 1.807) is 0 Å². The molecule has 0 saturated heterocycles. The molecule has 5 heteroatoms. The molecule has 4 rings (SSSR count). The third-order valence-electron chi connectivity index (χ3n) is 5.93. The average Bonchev–Trinajstić information content (AvgIpc) is 3.21. The number of rotatable bonds is 6. The van der Waals surface area contributed by atoms with Gasteiger partial charge in [0.05, 0.1) is 17.7 Å². The fourth-order valence-electron chi connectivity index (χ4n) is 3.99. The van der Waals surface area contributed by atoms with Gasteiger partial charge in [-0.2, -0.15) is 5.10 Å². The van der Waals surface area contributed by atoms with E-state index in [0.29, 0.717) is 13.1 Å². The molecule has 0 radical (unpaired) electrons. The number of aryl methyl sites for hydroxylation is 1. The van der Waals surface area contributed by atoms with E-state index in [0.717, 1.165) is 28.6 Å². The first-order chi connectivity index (χ1) is 15.8. The topological polar surface area (TPSA) is 59.0 Å². The summed E-state index contributed by atoms with van der Waals surface area (Å²) < 4.78 is 1.91. The van der Waals surface area contributed by atoms with Crippen LogP contribution in [0.3, 0.4) is 0 Å². The van der Waals surface area contributed by atoms with Gasteiger partial charge in [-0.05, 0) is 46.2 Å². The first-order valence-electron chi connectivity index (χ1n) is 11.5. The number of hydrogen-bond acceptors (Lipinski definition) is 2. The van der Waals surface area contributed by atoms with E-state index in [-0.39, 0.29) is 11.4 Å². The lowest BCUT2D eigenvalue weighted by Gasteiger charge is -2.21. The second kappa shape index (κ2) is 9.49. The van der Waals surface area contributed by atoms with Crippen molar-refractivity contribution in [1.29, 1.82) is 0 Å². The first-order valence-corrected chi connectivity index (χ1v) is 11.5. The number of amides is 2. The lowest BCUT2D eigenvalue weighted by Crippen LogP contribution is -2.28. The molecule has 4 aromatic rings. The summed E-state index contributed by atoms with van der Waals surface area (Å²) in [5, 5.41) is 11.6. The van der Waals surface area contributed by atoms with Gasteiger partial charge < -0.3 is 10.6 Å². The fraction of sp³-hybridized carbons (Fsp3) is 0.286. The summed E-state index contributed by atoms with van der Waals surface area (Å²) in [6.07, 6.45) is 2.92. The molecule has 0 unspecified atom stereocenters. The van der Waals surface area contributed by atoms with Gasteiger partial charge in [-0.15, -0.1) is 0 Å². The number of nitrogens with zero attached hydrogens (tertiary/aromatic N) is 2. The molecule has 3 aromatic carbocycles. The van der Waals surface area contributed by atoms with Crippen LogP contribution in [0.2, 0.25) is 0 Å². The molecule has 1 heterocycles. The number of nitrogens with one attached hydrogen (secondary N) is 2. The van der Waals surface area contributed by atoms with E-state index in [2.05, 4.69) is 73.8 Å². The minimum Gasteiger partial charge on any atom is -0.334 e. The number of urea groups is 1.